The van der Waals surface area contributed by atoms with E-state index in [1.165, 1.54) is 51.4 Å². The van der Waals surface area contributed by atoms with Gasteiger partial charge in [-0.05, 0) is 6.42 Å². The van der Waals surface area contributed by atoms with Crippen LogP contribution < -0.4 is 5.64 Å². The van der Waals surface area contributed by atoms with Crippen LogP contribution in [0.15, 0.2) is 0 Å². The highest BCUT2D eigenvalue weighted by Gasteiger charge is 2.02. The van der Waals surface area contributed by atoms with Crippen molar-refractivity contribution in [2.24, 2.45) is 0 Å². The van der Waals surface area contributed by atoms with Crippen LogP contribution >= 0.6 is 0 Å². The Morgan fingerprint density at radius 1 is 0.704 bits per heavy atom. The Hall–Kier alpha value is -0.330. The predicted molar refractivity (Wildman–Crippen MR) is 103 cm³/mol. The highest BCUT2D eigenvalue weighted by molar-refractivity contribution is 7.80. The SMILES string of the molecule is CCCCCCCCCCCCCOS(=O)(=O)O.OCCONOCCO. The van der Waals surface area contributed by atoms with E-state index in [0.717, 1.165) is 12.8 Å². The monoisotopic (exact) mass is 417 g/mol. The predicted octanol–water partition coefficient (Wildman–Crippen LogP) is 2.54. The molecule has 0 aromatic carbocycles. The molecule has 0 heterocycles. The zero-order chi connectivity index (χ0) is 20.6. The van der Waals surface area contributed by atoms with Gasteiger partial charge >= 0.3 is 10.4 Å². The third-order valence-corrected chi connectivity index (χ3v) is 3.95. The van der Waals surface area contributed by atoms with Crippen molar-refractivity contribution in [1.82, 2.24) is 5.64 Å². The van der Waals surface area contributed by atoms with Gasteiger partial charge in [0, 0.05) is 0 Å². The maximum Gasteiger partial charge on any atom is 0.397 e. The number of unbranched alkanes of at least 4 members (excludes halogenated alkanes) is 10. The summed E-state index contributed by atoms with van der Waals surface area (Å²) in [5, 5.41) is 16.3. The van der Waals surface area contributed by atoms with Crippen LogP contribution in [-0.2, 0) is 24.3 Å². The topological polar surface area (TPSA) is 135 Å². The van der Waals surface area contributed by atoms with Crippen molar-refractivity contribution >= 4 is 10.4 Å². The molecular weight excluding hydrogens is 378 g/mol. The van der Waals surface area contributed by atoms with E-state index in [-0.39, 0.29) is 33.0 Å². The first kappa shape index (κ1) is 28.9. The summed E-state index contributed by atoms with van der Waals surface area (Å²) in [5.41, 5.74) is 2.07. The highest BCUT2D eigenvalue weighted by atomic mass is 32.3. The summed E-state index contributed by atoms with van der Waals surface area (Å²) in [6.07, 6.45) is 13.3. The molecular formula is C17H39NO8S. The molecule has 0 radical (unpaired) electrons. The fourth-order valence-corrected chi connectivity index (χ4v) is 2.48. The van der Waals surface area contributed by atoms with Gasteiger partial charge < -0.3 is 10.2 Å². The van der Waals surface area contributed by atoms with Crippen molar-refractivity contribution in [3.8, 4) is 0 Å². The fourth-order valence-electron chi connectivity index (χ4n) is 2.15. The molecule has 4 N–H and O–H groups in total. The molecule has 10 heteroatoms. The second kappa shape index (κ2) is 23.7. The van der Waals surface area contributed by atoms with Gasteiger partial charge in [0.15, 0.2) is 0 Å². The summed E-state index contributed by atoms with van der Waals surface area (Å²) < 4.78 is 33.1. The lowest BCUT2D eigenvalue weighted by Gasteiger charge is -2.02. The van der Waals surface area contributed by atoms with Crippen LogP contribution in [0.25, 0.3) is 0 Å². The average Bonchev–Trinajstić information content (AvgIpc) is 2.62. The van der Waals surface area contributed by atoms with Crippen molar-refractivity contribution in [2.45, 2.75) is 77.6 Å². The molecule has 0 aliphatic rings. The van der Waals surface area contributed by atoms with E-state index in [9.17, 15) is 8.42 Å². The number of aliphatic hydroxyl groups excluding tert-OH is 2. The minimum absolute atomic E-state index is 0.0600. The molecule has 0 aromatic heterocycles. The van der Waals surface area contributed by atoms with Crippen molar-refractivity contribution in [1.29, 1.82) is 0 Å². The van der Waals surface area contributed by atoms with Gasteiger partial charge in [0.1, 0.15) is 0 Å². The summed E-state index contributed by atoms with van der Waals surface area (Å²) in [4.78, 5) is 8.90. The molecule has 0 spiro atoms. The molecule has 0 fully saturated rings. The number of hydrogen-bond donors (Lipinski definition) is 4. The maximum absolute atomic E-state index is 10.2. The lowest BCUT2D eigenvalue weighted by atomic mass is 10.1. The number of hydrogen-bond acceptors (Lipinski definition) is 8. The molecule has 0 aromatic rings. The second-order valence-corrected chi connectivity index (χ2v) is 7.10. The maximum atomic E-state index is 10.2. The minimum Gasteiger partial charge on any atom is -0.394 e. The summed E-state index contributed by atoms with van der Waals surface area (Å²) in [6.45, 7) is 2.55. The zero-order valence-corrected chi connectivity index (χ0v) is 17.4. The molecule has 0 saturated carbocycles. The molecule has 0 unspecified atom stereocenters. The molecule has 0 aliphatic carbocycles. The lowest BCUT2D eigenvalue weighted by molar-refractivity contribution is -0.178. The van der Waals surface area contributed by atoms with Crippen LogP contribution in [0, 0.1) is 0 Å². The molecule has 27 heavy (non-hydrogen) atoms. The molecule has 0 aliphatic heterocycles. The number of nitrogens with one attached hydrogen (secondary N) is 1. The van der Waals surface area contributed by atoms with Gasteiger partial charge in [-0.3, -0.25) is 14.2 Å². The molecule has 9 nitrogen and oxygen atoms in total. The summed E-state index contributed by atoms with van der Waals surface area (Å²) in [7, 11) is -4.24. The van der Waals surface area contributed by atoms with Crippen molar-refractivity contribution in [2.75, 3.05) is 33.0 Å². The molecule has 166 valence electrons. The second-order valence-electron chi connectivity index (χ2n) is 6.01. The van der Waals surface area contributed by atoms with E-state index in [1.807, 2.05) is 0 Å². The van der Waals surface area contributed by atoms with Crippen LogP contribution in [0.4, 0.5) is 0 Å². The average molecular weight is 418 g/mol. The third kappa shape index (κ3) is 33.7. The van der Waals surface area contributed by atoms with Crippen molar-refractivity contribution in [3.63, 3.8) is 0 Å². The highest BCUT2D eigenvalue weighted by Crippen LogP contribution is 2.11. The normalized spacial score (nSPS) is 11.3. The first-order valence-corrected chi connectivity index (χ1v) is 11.2. The number of rotatable bonds is 19. The molecule has 0 saturated heterocycles. The van der Waals surface area contributed by atoms with Gasteiger partial charge in [0.2, 0.25) is 0 Å². The Morgan fingerprint density at radius 3 is 1.48 bits per heavy atom. The smallest absolute Gasteiger partial charge is 0.394 e. The molecule has 0 amide bonds. The molecule has 0 bridgehead atoms. The van der Waals surface area contributed by atoms with E-state index in [0.29, 0.717) is 6.42 Å². The summed E-state index contributed by atoms with van der Waals surface area (Å²) >= 11 is 0. The van der Waals surface area contributed by atoms with Crippen LogP contribution in [0.5, 0.6) is 0 Å². The van der Waals surface area contributed by atoms with Crippen molar-refractivity contribution in [3.05, 3.63) is 0 Å². The molecule has 0 atom stereocenters. The van der Waals surface area contributed by atoms with Gasteiger partial charge in [-0.1, -0.05) is 76.8 Å². The summed E-state index contributed by atoms with van der Waals surface area (Å²) in [5.74, 6) is 0. The first-order chi connectivity index (χ1) is 13.0. The standard InChI is InChI=1S/C13H28O4S.C4H11NO4/c1-2-3-4-5-6-7-8-9-10-11-12-13-17-18(14,15)16;6-1-3-8-5-9-4-2-7/h2-13H2,1H3,(H,14,15,16);5-7H,1-4H2. The third-order valence-electron chi connectivity index (χ3n) is 3.48. The summed E-state index contributed by atoms with van der Waals surface area (Å²) in [6, 6.07) is 0. The van der Waals surface area contributed by atoms with Gasteiger partial charge in [-0.2, -0.15) is 8.42 Å². The van der Waals surface area contributed by atoms with Crippen molar-refractivity contribution < 1.29 is 37.0 Å². The van der Waals surface area contributed by atoms with E-state index in [4.69, 9.17) is 14.8 Å². The Morgan fingerprint density at radius 2 is 1.11 bits per heavy atom. The first-order valence-electron chi connectivity index (χ1n) is 9.80. The lowest BCUT2D eigenvalue weighted by Crippen LogP contribution is -2.19. The van der Waals surface area contributed by atoms with Gasteiger partial charge in [0.25, 0.3) is 0 Å². The van der Waals surface area contributed by atoms with Gasteiger partial charge in [-0.25, -0.2) is 4.18 Å². The van der Waals surface area contributed by atoms with Crippen LogP contribution in [0.2, 0.25) is 0 Å². The van der Waals surface area contributed by atoms with Crippen LogP contribution in [0.1, 0.15) is 77.6 Å². The van der Waals surface area contributed by atoms with Crippen LogP contribution in [0.3, 0.4) is 0 Å². The Kier molecular flexibility index (Phi) is 25.4. The quantitative estimate of drug-likeness (QED) is 0.142. The van der Waals surface area contributed by atoms with E-state index < -0.39 is 10.4 Å². The Labute approximate surface area is 164 Å². The zero-order valence-electron chi connectivity index (χ0n) is 16.6. The minimum atomic E-state index is -4.24. The fraction of sp³-hybridized carbons (Fsp3) is 1.00. The Balaban J connectivity index is 0. The van der Waals surface area contributed by atoms with E-state index >= 15 is 0 Å². The van der Waals surface area contributed by atoms with Gasteiger partial charge in [0.05, 0.1) is 33.0 Å². The number of aliphatic hydroxyl groups is 2. The van der Waals surface area contributed by atoms with E-state index in [1.54, 1.807) is 0 Å². The van der Waals surface area contributed by atoms with E-state index in [2.05, 4.69) is 26.4 Å². The molecule has 0 rings (SSSR count). The van der Waals surface area contributed by atoms with Gasteiger partial charge in [-0.15, -0.1) is 0 Å². The van der Waals surface area contributed by atoms with Crippen LogP contribution in [-0.4, -0.2) is 56.2 Å². The Bertz CT molecular complexity index is 362. The largest absolute Gasteiger partial charge is 0.397 e.